The molecule has 2 aromatic rings. The van der Waals surface area contributed by atoms with Gasteiger partial charge < -0.3 is 9.47 Å². The van der Waals surface area contributed by atoms with Crippen LogP contribution in [0.2, 0.25) is 0 Å². The van der Waals surface area contributed by atoms with Crippen LogP contribution in [-0.4, -0.2) is 24.3 Å². The summed E-state index contributed by atoms with van der Waals surface area (Å²) in [5.41, 5.74) is 1.02. The lowest BCUT2D eigenvalue weighted by Gasteiger charge is -2.19. The Hall–Kier alpha value is -2.95. The van der Waals surface area contributed by atoms with Gasteiger partial charge in [0.15, 0.2) is 11.6 Å². The highest BCUT2D eigenvalue weighted by atomic mass is 16.7. The van der Waals surface area contributed by atoms with Crippen LogP contribution in [0.1, 0.15) is 64.4 Å². The van der Waals surface area contributed by atoms with Gasteiger partial charge in [-0.15, -0.1) is 0 Å². The van der Waals surface area contributed by atoms with Crippen molar-refractivity contribution >= 4 is 17.7 Å². The molecular formula is C21H20O5. The smallest absolute Gasteiger partial charge is 0.434 e. The Morgan fingerprint density at radius 3 is 2.27 bits per heavy atom. The van der Waals surface area contributed by atoms with Crippen molar-refractivity contribution in [2.45, 2.75) is 32.6 Å². The SMILES string of the molecule is CCCCCCOC(=O)Oc1cccc2c1C(=O)c1ccccc1C2=O. The number of unbranched alkanes of at least 4 members (excludes halogenated alkanes) is 3. The Balaban J connectivity index is 1.78. The van der Waals surface area contributed by atoms with E-state index in [1.807, 2.05) is 0 Å². The summed E-state index contributed by atoms with van der Waals surface area (Å²) >= 11 is 0. The third kappa shape index (κ3) is 3.52. The molecule has 5 nitrogen and oxygen atoms in total. The summed E-state index contributed by atoms with van der Waals surface area (Å²) in [6.45, 7) is 2.37. The van der Waals surface area contributed by atoms with Crippen molar-refractivity contribution in [2.24, 2.45) is 0 Å². The molecule has 5 heteroatoms. The summed E-state index contributed by atoms with van der Waals surface area (Å²) in [4.78, 5) is 37.4. The molecule has 0 saturated heterocycles. The quantitative estimate of drug-likeness (QED) is 0.369. The summed E-state index contributed by atoms with van der Waals surface area (Å²) in [7, 11) is 0. The summed E-state index contributed by atoms with van der Waals surface area (Å²) in [5, 5.41) is 0. The lowest BCUT2D eigenvalue weighted by molar-refractivity contribution is 0.0934. The monoisotopic (exact) mass is 352 g/mol. The number of ether oxygens (including phenoxy) is 2. The molecule has 1 aliphatic carbocycles. The lowest BCUT2D eigenvalue weighted by atomic mass is 9.84. The van der Waals surface area contributed by atoms with Crippen molar-refractivity contribution in [2.75, 3.05) is 6.61 Å². The Labute approximate surface area is 151 Å². The van der Waals surface area contributed by atoms with E-state index in [0.29, 0.717) is 11.1 Å². The predicted molar refractivity (Wildman–Crippen MR) is 95.9 cm³/mol. The number of hydrogen-bond acceptors (Lipinski definition) is 5. The third-order valence-corrected chi connectivity index (χ3v) is 4.33. The third-order valence-electron chi connectivity index (χ3n) is 4.33. The minimum Gasteiger partial charge on any atom is -0.434 e. The topological polar surface area (TPSA) is 69.7 Å². The molecule has 0 bridgehead atoms. The van der Waals surface area contributed by atoms with Crippen molar-refractivity contribution < 1.29 is 23.9 Å². The van der Waals surface area contributed by atoms with Gasteiger partial charge in [0, 0.05) is 16.7 Å². The van der Waals surface area contributed by atoms with Crippen molar-refractivity contribution in [3.8, 4) is 5.75 Å². The molecule has 0 spiro atoms. The fraction of sp³-hybridized carbons (Fsp3) is 0.286. The maximum absolute atomic E-state index is 12.8. The molecule has 0 aromatic heterocycles. The second-order valence-corrected chi connectivity index (χ2v) is 6.14. The van der Waals surface area contributed by atoms with Crippen molar-refractivity contribution in [3.63, 3.8) is 0 Å². The number of carbonyl (C=O) groups excluding carboxylic acids is 3. The normalized spacial score (nSPS) is 12.3. The van der Waals surface area contributed by atoms with Crippen LogP contribution >= 0.6 is 0 Å². The van der Waals surface area contributed by atoms with E-state index in [1.54, 1.807) is 36.4 Å². The average molecular weight is 352 g/mol. The first kappa shape index (κ1) is 17.9. The van der Waals surface area contributed by atoms with E-state index < -0.39 is 6.16 Å². The van der Waals surface area contributed by atoms with Gasteiger partial charge in [-0.25, -0.2) is 4.79 Å². The molecule has 134 valence electrons. The lowest BCUT2D eigenvalue weighted by Crippen LogP contribution is -2.23. The summed E-state index contributed by atoms with van der Waals surface area (Å²) in [5.74, 6) is -0.538. The predicted octanol–water partition coefficient (Wildman–Crippen LogP) is 4.56. The van der Waals surface area contributed by atoms with E-state index in [4.69, 9.17) is 9.47 Å². The number of hydrogen-bond donors (Lipinski definition) is 0. The molecule has 0 amide bonds. The molecule has 0 unspecified atom stereocenters. The second kappa shape index (κ2) is 7.95. The molecule has 0 atom stereocenters. The van der Waals surface area contributed by atoms with Crippen LogP contribution in [0, 0.1) is 0 Å². The van der Waals surface area contributed by atoms with Gasteiger partial charge in [-0.05, 0) is 12.5 Å². The van der Waals surface area contributed by atoms with Crippen LogP contribution in [0.15, 0.2) is 42.5 Å². The van der Waals surface area contributed by atoms with Crippen LogP contribution < -0.4 is 4.74 Å². The molecule has 0 fully saturated rings. The van der Waals surface area contributed by atoms with Gasteiger partial charge >= 0.3 is 6.16 Å². The Kier molecular flexibility index (Phi) is 5.46. The van der Waals surface area contributed by atoms with Crippen LogP contribution in [0.5, 0.6) is 5.75 Å². The van der Waals surface area contributed by atoms with Crippen molar-refractivity contribution in [1.29, 1.82) is 0 Å². The zero-order valence-corrected chi connectivity index (χ0v) is 14.6. The van der Waals surface area contributed by atoms with Gasteiger partial charge in [0.25, 0.3) is 0 Å². The highest BCUT2D eigenvalue weighted by molar-refractivity contribution is 6.29. The van der Waals surface area contributed by atoms with E-state index in [9.17, 15) is 14.4 Å². The van der Waals surface area contributed by atoms with Gasteiger partial charge in [-0.2, -0.15) is 0 Å². The second-order valence-electron chi connectivity index (χ2n) is 6.14. The molecule has 0 saturated carbocycles. The minimum absolute atomic E-state index is 0.0499. The van der Waals surface area contributed by atoms with Crippen molar-refractivity contribution in [1.82, 2.24) is 0 Å². The minimum atomic E-state index is -0.867. The first-order valence-corrected chi connectivity index (χ1v) is 8.79. The van der Waals surface area contributed by atoms with E-state index in [1.165, 1.54) is 6.07 Å². The van der Waals surface area contributed by atoms with Crippen LogP contribution in [0.3, 0.4) is 0 Å². The summed E-state index contributed by atoms with van der Waals surface area (Å²) in [6.07, 6.45) is 3.06. The molecule has 0 N–H and O–H groups in total. The molecule has 2 aromatic carbocycles. The molecule has 0 radical (unpaired) electrons. The fourth-order valence-electron chi connectivity index (χ4n) is 3.00. The standard InChI is InChI=1S/C21H20O5/c1-2-3-4-7-13-25-21(24)26-17-12-8-11-16-18(17)20(23)15-10-6-5-9-14(15)19(16)22/h5-6,8-12H,2-4,7,13H2,1H3. The molecule has 0 aliphatic heterocycles. The maximum atomic E-state index is 12.8. The van der Waals surface area contributed by atoms with Gasteiger partial charge in [0.2, 0.25) is 0 Å². The number of rotatable bonds is 6. The Bertz CT molecular complexity index is 853. The zero-order valence-electron chi connectivity index (χ0n) is 14.6. The van der Waals surface area contributed by atoms with E-state index in [0.717, 1.165) is 25.7 Å². The highest BCUT2D eigenvalue weighted by Gasteiger charge is 2.32. The van der Waals surface area contributed by atoms with E-state index in [2.05, 4.69) is 6.92 Å². The maximum Gasteiger partial charge on any atom is 0.513 e. The molecular weight excluding hydrogens is 332 g/mol. The van der Waals surface area contributed by atoms with Crippen LogP contribution in [0.4, 0.5) is 4.79 Å². The van der Waals surface area contributed by atoms with E-state index >= 15 is 0 Å². The molecule has 26 heavy (non-hydrogen) atoms. The first-order chi connectivity index (χ1) is 12.6. The largest absolute Gasteiger partial charge is 0.513 e. The number of ketones is 2. The Morgan fingerprint density at radius 2 is 1.54 bits per heavy atom. The van der Waals surface area contributed by atoms with Crippen LogP contribution in [0.25, 0.3) is 0 Å². The Morgan fingerprint density at radius 1 is 0.846 bits per heavy atom. The number of benzene rings is 2. The fourth-order valence-corrected chi connectivity index (χ4v) is 3.00. The molecule has 1 aliphatic rings. The molecule has 3 rings (SSSR count). The van der Waals surface area contributed by atoms with Gasteiger partial charge in [-0.1, -0.05) is 62.6 Å². The molecule has 0 heterocycles. The highest BCUT2D eigenvalue weighted by Crippen LogP contribution is 2.33. The average Bonchev–Trinajstić information content (AvgIpc) is 2.66. The van der Waals surface area contributed by atoms with Gasteiger partial charge in [0.05, 0.1) is 12.2 Å². The van der Waals surface area contributed by atoms with Gasteiger partial charge in [0.1, 0.15) is 5.75 Å². The number of fused-ring (bicyclic) bond motifs is 2. The van der Waals surface area contributed by atoms with Gasteiger partial charge in [-0.3, -0.25) is 9.59 Å². The van der Waals surface area contributed by atoms with Crippen LogP contribution in [-0.2, 0) is 4.74 Å². The summed E-state index contributed by atoms with van der Waals surface area (Å²) in [6, 6.07) is 11.3. The number of carbonyl (C=O) groups is 3. The zero-order chi connectivity index (χ0) is 18.5. The van der Waals surface area contributed by atoms with E-state index in [-0.39, 0.29) is 35.0 Å². The first-order valence-electron chi connectivity index (χ1n) is 8.79. The summed E-state index contributed by atoms with van der Waals surface area (Å²) < 4.78 is 10.3. The van der Waals surface area contributed by atoms with Crippen molar-refractivity contribution in [3.05, 3.63) is 64.7 Å².